The van der Waals surface area contributed by atoms with Gasteiger partial charge in [0.2, 0.25) is 0 Å². The van der Waals surface area contributed by atoms with Crippen LogP contribution in [-0.4, -0.2) is 0 Å². The van der Waals surface area contributed by atoms with Gasteiger partial charge in [-0.1, -0.05) is 18.2 Å². The molecule has 0 fully saturated rings. The summed E-state index contributed by atoms with van der Waals surface area (Å²) in [5.74, 6) is -1.61. The van der Waals surface area contributed by atoms with Crippen LogP contribution in [0, 0.1) is 15.2 Å². The molecule has 0 bridgehead atoms. The molecule has 0 unspecified atom stereocenters. The molecule has 0 spiro atoms. The molecule has 4 heteroatoms. The summed E-state index contributed by atoms with van der Waals surface area (Å²) in [6, 6.07) is 12.1. The van der Waals surface area contributed by atoms with Crippen LogP contribution < -0.4 is 5.32 Å². The van der Waals surface area contributed by atoms with Gasteiger partial charge in [0.25, 0.3) is 0 Å². The van der Waals surface area contributed by atoms with Crippen LogP contribution in [0.15, 0.2) is 42.5 Å². The molecule has 1 nitrogen and oxygen atoms in total. The molecule has 0 saturated carbocycles. The molecule has 1 N–H and O–H groups in total. The van der Waals surface area contributed by atoms with Crippen LogP contribution in [0.5, 0.6) is 0 Å². The maximum Gasteiger partial charge on any atom is 0.159 e. The number of rotatable bonds is 4. The average molecular weight is 359 g/mol. The van der Waals surface area contributed by atoms with Gasteiger partial charge in [-0.05, 0) is 58.0 Å². The molecular formula is C14H12F2IN. The maximum absolute atomic E-state index is 13.0. The van der Waals surface area contributed by atoms with E-state index in [0.717, 1.165) is 17.2 Å². The zero-order valence-corrected chi connectivity index (χ0v) is 11.7. The van der Waals surface area contributed by atoms with E-state index in [0.29, 0.717) is 13.1 Å². The lowest BCUT2D eigenvalue weighted by atomic mass is 10.2. The highest BCUT2D eigenvalue weighted by Gasteiger charge is 2.02. The first-order chi connectivity index (χ1) is 8.65. The summed E-state index contributed by atoms with van der Waals surface area (Å²) < 4.78 is 26.9. The van der Waals surface area contributed by atoms with Gasteiger partial charge in [0.15, 0.2) is 11.6 Å². The number of nitrogens with one attached hydrogen (secondary N) is 1. The van der Waals surface area contributed by atoms with E-state index in [2.05, 4.69) is 27.9 Å². The van der Waals surface area contributed by atoms with E-state index in [-0.39, 0.29) is 0 Å². The fourth-order valence-corrected chi connectivity index (χ4v) is 1.96. The van der Waals surface area contributed by atoms with E-state index in [1.54, 1.807) is 6.07 Å². The van der Waals surface area contributed by atoms with Crippen molar-refractivity contribution < 1.29 is 8.78 Å². The fourth-order valence-electron chi connectivity index (χ4n) is 1.60. The molecule has 0 aliphatic carbocycles. The summed E-state index contributed by atoms with van der Waals surface area (Å²) in [6.07, 6.45) is 0. The number of benzene rings is 2. The highest BCUT2D eigenvalue weighted by Crippen LogP contribution is 2.09. The van der Waals surface area contributed by atoms with Crippen molar-refractivity contribution in [3.8, 4) is 0 Å². The predicted molar refractivity (Wildman–Crippen MR) is 76.1 cm³/mol. The van der Waals surface area contributed by atoms with Crippen molar-refractivity contribution in [2.45, 2.75) is 13.1 Å². The Morgan fingerprint density at radius 1 is 0.833 bits per heavy atom. The van der Waals surface area contributed by atoms with Gasteiger partial charge >= 0.3 is 0 Å². The second-order valence-electron chi connectivity index (χ2n) is 3.98. The highest BCUT2D eigenvalue weighted by molar-refractivity contribution is 14.1. The Labute approximate surface area is 118 Å². The third-order valence-electron chi connectivity index (χ3n) is 2.56. The molecule has 0 heterocycles. The lowest BCUT2D eigenvalue weighted by molar-refractivity contribution is 0.506. The van der Waals surface area contributed by atoms with Crippen LogP contribution in [0.25, 0.3) is 0 Å². The third kappa shape index (κ3) is 3.74. The molecule has 2 aromatic rings. The summed E-state index contributed by atoms with van der Waals surface area (Å²) in [4.78, 5) is 0. The molecule has 94 valence electrons. The Morgan fingerprint density at radius 3 is 2.11 bits per heavy atom. The fraction of sp³-hybridized carbons (Fsp3) is 0.143. The minimum atomic E-state index is -0.809. The van der Waals surface area contributed by atoms with Crippen molar-refractivity contribution in [3.63, 3.8) is 0 Å². The SMILES string of the molecule is Fc1ccc(CNCc2ccc(I)cc2)cc1F. The van der Waals surface area contributed by atoms with Crippen molar-refractivity contribution in [2.24, 2.45) is 0 Å². The molecule has 0 aliphatic rings. The molecule has 0 aromatic heterocycles. The molecule has 0 aliphatic heterocycles. The smallest absolute Gasteiger partial charge is 0.159 e. The van der Waals surface area contributed by atoms with E-state index < -0.39 is 11.6 Å². The minimum Gasteiger partial charge on any atom is -0.309 e. The summed E-state index contributed by atoms with van der Waals surface area (Å²) in [6.45, 7) is 1.22. The highest BCUT2D eigenvalue weighted by atomic mass is 127. The topological polar surface area (TPSA) is 12.0 Å². The van der Waals surface area contributed by atoms with Crippen molar-refractivity contribution in [1.82, 2.24) is 5.32 Å². The van der Waals surface area contributed by atoms with Gasteiger partial charge < -0.3 is 5.32 Å². The largest absolute Gasteiger partial charge is 0.309 e. The first-order valence-corrected chi connectivity index (χ1v) is 6.62. The van der Waals surface area contributed by atoms with Gasteiger partial charge in [-0.25, -0.2) is 8.78 Å². The number of halogens is 3. The van der Waals surface area contributed by atoms with Crippen molar-refractivity contribution in [3.05, 3.63) is 68.8 Å². The van der Waals surface area contributed by atoms with Gasteiger partial charge in [-0.15, -0.1) is 0 Å². The third-order valence-corrected chi connectivity index (χ3v) is 3.27. The molecule has 0 atom stereocenters. The maximum atomic E-state index is 13.0. The van der Waals surface area contributed by atoms with Gasteiger partial charge in [-0.2, -0.15) is 0 Å². The summed E-state index contributed by atoms with van der Waals surface area (Å²) >= 11 is 2.25. The normalized spacial score (nSPS) is 10.6. The summed E-state index contributed by atoms with van der Waals surface area (Å²) in [7, 11) is 0. The van der Waals surface area contributed by atoms with Crippen LogP contribution in [0.4, 0.5) is 8.78 Å². The molecule has 2 aromatic carbocycles. The van der Waals surface area contributed by atoms with Crippen molar-refractivity contribution in [2.75, 3.05) is 0 Å². The Hall–Kier alpha value is -1.01. The monoisotopic (exact) mass is 359 g/mol. The van der Waals surface area contributed by atoms with Crippen LogP contribution in [0.2, 0.25) is 0 Å². The van der Waals surface area contributed by atoms with Crippen molar-refractivity contribution in [1.29, 1.82) is 0 Å². The molecule has 0 radical (unpaired) electrons. The minimum absolute atomic E-state index is 0.517. The first-order valence-electron chi connectivity index (χ1n) is 5.54. The van der Waals surface area contributed by atoms with Crippen LogP contribution in [0.1, 0.15) is 11.1 Å². The zero-order chi connectivity index (χ0) is 13.0. The second kappa shape index (κ2) is 6.24. The average Bonchev–Trinajstić information content (AvgIpc) is 2.36. The molecule has 0 amide bonds. The predicted octanol–water partition coefficient (Wildman–Crippen LogP) is 3.86. The number of hydrogen-bond acceptors (Lipinski definition) is 1. The Kier molecular flexibility index (Phi) is 4.66. The standard InChI is InChI=1S/C14H12F2IN/c15-13-6-3-11(7-14(13)16)9-18-8-10-1-4-12(17)5-2-10/h1-7,18H,8-9H2. The Morgan fingerprint density at radius 2 is 1.44 bits per heavy atom. The van der Waals surface area contributed by atoms with Gasteiger partial charge in [0.1, 0.15) is 0 Å². The summed E-state index contributed by atoms with van der Waals surface area (Å²) in [5.41, 5.74) is 1.90. The van der Waals surface area contributed by atoms with Crippen LogP contribution >= 0.6 is 22.6 Å². The lowest BCUT2D eigenvalue weighted by Gasteiger charge is -2.06. The zero-order valence-electron chi connectivity index (χ0n) is 9.59. The van der Waals surface area contributed by atoms with E-state index in [1.165, 1.54) is 9.64 Å². The van der Waals surface area contributed by atoms with E-state index in [9.17, 15) is 8.78 Å². The van der Waals surface area contributed by atoms with E-state index in [1.807, 2.05) is 24.3 Å². The van der Waals surface area contributed by atoms with Gasteiger partial charge in [-0.3, -0.25) is 0 Å². The van der Waals surface area contributed by atoms with Crippen LogP contribution in [-0.2, 0) is 13.1 Å². The lowest BCUT2D eigenvalue weighted by Crippen LogP contribution is -2.12. The molecule has 0 saturated heterocycles. The quantitative estimate of drug-likeness (QED) is 0.818. The molecular weight excluding hydrogens is 347 g/mol. The summed E-state index contributed by atoms with van der Waals surface area (Å²) in [5, 5.41) is 3.19. The van der Waals surface area contributed by atoms with Gasteiger partial charge in [0, 0.05) is 16.7 Å². The Bertz CT molecular complexity index is 526. The number of hydrogen-bond donors (Lipinski definition) is 1. The second-order valence-corrected chi connectivity index (χ2v) is 5.22. The van der Waals surface area contributed by atoms with Gasteiger partial charge in [0.05, 0.1) is 0 Å². The van der Waals surface area contributed by atoms with E-state index in [4.69, 9.17) is 0 Å². The first kappa shape index (κ1) is 13.4. The van der Waals surface area contributed by atoms with Crippen LogP contribution in [0.3, 0.4) is 0 Å². The molecule has 2 rings (SSSR count). The van der Waals surface area contributed by atoms with Crippen molar-refractivity contribution >= 4 is 22.6 Å². The van der Waals surface area contributed by atoms with E-state index >= 15 is 0 Å². The molecule has 18 heavy (non-hydrogen) atoms. The Balaban J connectivity index is 1.88.